The molecule has 2 atom stereocenters. The molecule has 1 aliphatic heterocycles. The van der Waals surface area contributed by atoms with Crippen LogP contribution in [0.2, 0.25) is 0 Å². The lowest BCUT2D eigenvalue weighted by Crippen LogP contribution is -2.47. The fraction of sp³-hybridized carbons (Fsp3) is 0.615. The first kappa shape index (κ1) is 15.1. The number of nitrogens with one attached hydrogen (secondary N) is 2. The molecule has 2 unspecified atom stereocenters. The van der Waals surface area contributed by atoms with Crippen molar-refractivity contribution in [1.82, 2.24) is 10.6 Å². The lowest BCUT2D eigenvalue weighted by Gasteiger charge is -2.23. The number of furan rings is 1. The minimum Gasteiger partial charge on any atom is -0.464 e. The number of hydrogen-bond donors (Lipinski definition) is 2. The van der Waals surface area contributed by atoms with Gasteiger partial charge in [-0.05, 0) is 26.0 Å². The van der Waals surface area contributed by atoms with Crippen molar-refractivity contribution in [2.24, 2.45) is 0 Å². The van der Waals surface area contributed by atoms with Crippen LogP contribution in [0.25, 0.3) is 0 Å². The monoisotopic (exact) mass is 300 g/mol. The Kier molecular flexibility index (Phi) is 4.49. The standard InChI is InChI=1S/C13H20N2O4S/c1-9-3-4-12(19-9)10(2)15-13(16)7-11-8-20(17,18)6-5-14-11/h3-4,10-11,14H,5-8H2,1-2H3,(H,15,16). The average molecular weight is 300 g/mol. The van der Waals surface area contributed by atoms with Gasteiger partial charge in [0.15, 0.2) is 9.84 Å². The lowest BCUT2D eigenvalue weighted by atomic mass is 10.2. The summed E-state index contributed by atoms with van der Waals surface area (Å²) in [6.45, 7) is 4.09. The van der Waals surface area contributed by atoms with E-state index < -0.39 is 9.84 Å². The Morgan fingerprint density at radius 2 is 2.30 bits per heavy atom. The predicted octanol–water partition coefficient (Wildman–Crippen LogP) is 0.542. The summed E-state index contributed by atoms with van der Waals surface area (Å²) >= 11 is 0. The van der Waals surface area contributed by atoms with Crippen LogP contribution < -0.4 is 10.6 Å². The molecule has 2 heterocycles. The molecule has 1 aromatic heterocycles. The Morgan fingerprint density at radius 1 is 1.55 bits per heavy atom. The Balaban J connectivity index is 1.86. The van der Waals surface area contributed by atoms with Crippen molar-refractivity contribution in [3.05, 3.63) is 23.7 Å². The minimum absolute atomic E-state index is 0.0225. The topological polar surface area (TPSA) is 88.4 Å². The minimum atomic E-state index is -3.02. The van der Waals surface area contributed by atoms with Crippen LogP contribution in [-0.4, -0.2) is 38.4 Å². The summed E-state index contributed by atoms with van der Waals surface area (Å²) in [4.78, 5) is 11.9. The van der Waals surface area contributed by atoms with E-state index in [2.05, 4.69) is 10.6 Å². The third-order valence-electron chi connectivity index (χ3n) is 3.30. The number of amides is 1. The Labute approximate surface area is 118 Å². The van der Waals surface area contributed by atoms with Gasteiger partial charge in [-0.3, -0.25) is 4.79 Å². The second-order valence-electron chi connectivity index (χ2n) is 5.21. The van der Waals surface area contributed by atoms with Crippen LogP contribution in [0.1, 0.15) is 30.9 Å². The molecule has 1 aromatic rings. The molecule has 1 aliphatic rings. The summed E-state index contributed by atoms with van der Waals surface area (Å²) in [5, 5.41) is 5.88. The Morgan fingerprint density at radius 3 is 2.90 bits per heavy atom. The molecule has 0 spiro atoms. The molecule has 6 nitrogen and oxygen atoms in total. The largest absolute Gasteiger partial charge is 0.464 e. The van der Waals surface area contributed by atoms with Gasteiger partial charge in [0.25, 0.3) is 0 Å². The number of sulfone groups is 1. The molecule has 7 heteroatoms. The summed E-state index contributed by atoms with van der Waals surface area (Å²) in [6, 6.07) is 3.13. The predicted molar refractivity (Wildman–Crippen MR) is 75.1 cm³/mol. The fourth-order valence-corrected chi connectivity index (χ4v) is 3.72. The fourth-order valence-electron chi connectivity index (χ4n) is 2.28. The molecule has 20 heavy (non-hydrogen) atoms. The lowest BCUT2D eigenvalue weighted by molar-refractivity contribution is -0.122. The van der Waals surface area contributed by atoms with E-state index in [1.807, 2.05) is 26.0 Å². The van der Waals surface area contributed by atoms with Crippen molar-refractivity contribution in [2.45, 2.75) is 32.4 Å². The highest BCUT2D eigenvalue weighted by Crippen LogP contribution is 2.16. The summed E-state index contributed by atoms with van der Waals surface area (Å²) in [6.07, 6.45) is 0.156. The van der Waals surface area contributed by atoms with Crippen LogP contribution >= 0.6 is 0 Å². The zero-order chi connectivity index (χ0) is 14.8. The van der Waals surface area contributed by atoms with Crippen LogP contribution in [0.3, 0.4) is 0 Å². The second kappa shape index (κ2) is 5.97. The van der Waals surface area contributed by atoms with Gasteiger partial charge in [-0.15, -0.1) is 0 Å². The number of rotatable bonds is 4. The van der Waals surface area contributed by atoms with Crippen molar-refractivity contribution >= 4 is 15.7 Å². The first-order chi connectivity index (χ1) is 9.35. The van der Waals surface area contributed by atoms with Crippen molar-refractivity contribution in [3.8, 4) is 0 Å². The molecular weight excluding hydrogens is 280 g/mol. The van der Waals surface area contributed by atoms with Gasteiger partial charge in [-0.2, -0.15) is 0 Å². The summed E-state index contributed by atoms with van der Waals surface area (Å²) in [7, 11) is -3.02. The van der Waals surface area contributed by atoms with Crippen LogP contribution in [0.4, 0.5) is 0 Å². The van der Waals surface area contributed by atoms with Crippen molar-refractivity contribution < 1.29 is 17.6 Å². The highest BCUT2D eigenvalue weighted by molar-refractivity contribution is 7.91. The molecule has 1 saturated heterocycles. The van der Waals surface area contributed by atoms with Crippen molar-refractivity contribution in [2.75, 3.05) is 18.1 Å². The molecule has 0 aromatic carbocycles. The van der Waals surface area contributed by atoms with Crippen LogP contribution in [0.5, 0.6) is 0 Å². The highest BCUT2D eigenvalue weighted by atomic mass is 32.2. The smallest absolute Gasteiger partial charge is 0.222 e. The van der Waals surface area contributed by atoms with Crippen LogP contribution in [-0.2, 0) is 14.6 Å². The quantitative estimate of drug-likeness (QED) is 0.847. The van der Waals surface area contributed by atoms with E-state index in [0.717, 1.165) is 5.76 Å². The SMILES string of the molecule is Cc1ccc(C(C)NC(=O)CC2CS(=O)(=O)CCN2)o1. The molecule has 0 bridgehead atoms. The number of hydrogen-bond acceptors (Lipinski definition) is 5. The maximum atomic E-state index is 11.9. The molecule has 1 amide bonds. The van der Waals surface area contributed by atoms with Crippen molar-refractivity contribution in [1.29, 1.82) is 0 Å². The summed E-state index contributed by atoms with van der Waals surface area (Å²) < 4.78 is 28.4. The molecule has 0 radical (unpaired) electrons. The molecule has 0 saturated carbocycles. The van der Waals surface area contributed by atoms with Gasteiger partial charge in [0.2, 0.25) is 5.91 Å². The zero-order valence-electron chi connectivity index (χ0n) is 11.7. The second-order valence-corrected chi connectivity index (χ2v) is 7.44. The third kappa shape index (κ3) is 4.08. The summed E-state index contributed by atoms with van der Waals surface area (Å²) in [5.41, 5.74) is 0. The van der Waals surface area contributed by atoms with E-state index in [-0.39, 0.29) is 35.9 Å². The number of aryl methyl sites for hydroxylation is 1. The molecule has 2 rings (SSSR count). The average Bonchev–Trinajstić information content (AvgIpc) is 2.74. The van der Waals surface area contributed by atoms with Crippen LogP contribution in [0.15, 0.2) is 16.5 Å². The molecular formula is C13H20N2O4S. The van der Waals surface area contributed by atoms with Gasteiger partial charge in [-0.25, -0.2) is 8.42 Å². The van der Waals surface area contributed by atoms with Gasteiger partial charge in [0.1, 0.15) is 11.5 Å². The maximum Gasteiger partial charge on any atom is 0.222 e. The summed E-state index contributed by atoms with van der Waals surface area (Å²) in [5.74, 6) is 1.48. The molecule has 2 N–H and O–H groups in total. The van der Waals surface area contributed by atoms with Crippen molar-refractivity contribution in [3.63, 3.8) is 0 Å². The van der Waals surface area contributed by atoms with Gasteiger partial charge < -0.3 is 15.1 Å². The molecule has 0 aliphatic carbocycles. The van der Waals surface area contributed by atoms with E-state index >= 15 is 0 Å². The van der Waals surface area contributed by atoms with Crippen LogP contribution in [0, 0.1) is 6.92 Å². The normalized spacial score (nSPS) is 23.2. The highest BCUT2D eigenvalue weighted by Gasteiger charge is 2.26. The maximum absolute atomic E-state index is 11.9. The Hall–Kier alpha value is -1.34. The van der Waals surface area contributed by atoms with Gasteiger partial charge >= 0.3 is 0 Å². The molecule has 112 valence electrons. The van der Waals surface area contributed by atoms with E-state index in [1.165, 1.54) is 0 Å². The van der Waals surface area contributed by atoms with E-state index in [9.17, 15) is 13.2 Å². The Bertz CT molecular complexity index is 579. The first-order valence-electron chi connectivity index (χ1n) is 6.65. The van der Waals surface area contributed by atoms with Gasteiger partial charge in [0.05, 0.1) is 17.5 Å². The first-order valence-corrected chi connectivity index (χ1v) is 8.47. The third-order valence-corrected chi connectivity index (χ3v) is 5.03. The van der Waals surface area contributed by atoms with E-state index in [1.54, 1.807) is 0 Å². The zero-order valence-corrected chi connectivity index (χ0v) is 12.5. The van der Waals surface area contributed by atoms with Gasteiger partial charge in [-0.1, -0.05) is 0 Å². The number of carbonyl (C=O) groups is 1. The van der Waals surface area contributed by atoms with Gasteiger partial charge in [0, 0.05) is 19.0 Å². The molecule has 1 fully saturated rings. The van der Waals surface area contributed by atoms with E-state index in [0.29, 0.717) is 12.3 Å². The van der Waals surface area contributed by atoms with E-state index in [4.69, 9.17) is 4.42 Å². The number of carbonyl (C=O) groups excluding carboxylic acids is 1.